The van der Waals surface area contributed by atoms with Gasteiger partial charge < -0.3 is 10.4 Å². The molecule has 2 unspecified atom stereocenters. The van der Waals surface area contributed by atoms with E-state index in [9.17, 15) is 10.1 Å². The van der Waals surface area contributed by atoms with E-state index in [1.807, 2.05) is 6.92 Å². The summed E-state index contributed by atoms with van der Waals surface area (Å²) < 4.78 is 0. The van der Waals surface area contributed by atoms with E-state index in [0.717, 1.165) is 38.6 Å². The number of aliphatic hydroxyl groups excluding tert-OH is 1. The molecule has 2 fully saturated rings. The molecule has 0 aromatic heterocycles. The van der Waals surface area contributed by atoms with Gasteiger partial charge in [0.05, 0.1) is 12.6 Å². The van der Waals surface area contributed by atoms with Gasteiger partial charge in [-0.05, 0) is 51.5 Å². The number of nitriles is 1. The number of carbonyl (C=O) groups is 1. The van der Waals surface area contributed by atoms with Gasteiger partial charge in [-0.2, -0.15) is 5.26 Å². The molecule has 0 aromatic carbocycles. The summed E-state index contributed by atoms with van der Waals surface area (Å²) in [5.74, 6) is 0.247. The molecule has 5 nitrogen and oxygen atoms in total. The first-order valence-corrected chi connectivity index (χ1v) is 7.66. The number of carbonyl (C=O) groups excluding carboxylic acids is 1. The van der Waals surface area contributed by atoms with E-state index in [4.69, 9.17) is 5.11 Å². The molecule has 112 valence electrons. The van der Waals surface area contributed by atoms with Gasteiger partial charge in [-0.25, -0.2) is 0 Å². The number of amides is 1. The van der Waals surface area contributed by atoms with E-state index in [-0.39, 0.29) is 12.5 Å². The molecule has 2 rings (SSSR count). The first-order chi connectivity index (χ1) is 9.59. The van der Waals surface area contributed by atoms with Crippen molar-refractivity contribution >= 4 is 5.91 Å². The van der Waals surface area contributed by atoms with Crippen molar-refractivity contribution in [1.29, 1.82) is 5.26 Å². The maximum Gasteiger partial charge on any atom is 0.235 e. The van der Waals surface area contributed by atoms with E-state index in [1.54, 1.807) is 0 Å². The Morgan fingerprint density at radius 2 is 2.20 bits per heavy atom. The predicted octanol–water partition coefficient (Wildman–Crippen LogP) is 1.03. The van der Waals surface area contributed by atoms with Gasteiger partial charge in [-0.3, -0.25) is 9.69 Å². The van der Waals surface area contributed by atoms with Crippen LogP contribution >= 0.6 is 0 Å². The molecule has 2 N–H and O–H groups in total. The number of nitrogens with one attached hydrogen (secondary N) is 1. The molecule has 2 aliphatic rings. The lowest BCUT2D eigenvalue weighted by Crippen LogP contribution is -2.52. The smallest absolute Gasteiger partial charge is 0.235 e. The molecule has 0 bridgehead atoms. The first-order valence-electron chi connectivity index (χ1n) is 7.66. The van der Waals surface area contributed by atoms with Gasteiger partial charge >= 0.3 is 0 Å². The largest absolute Gasteiger partial charge is 0.396 e. The summed E-state index contributed by atoms with van der Waals surface area (Å²) in [7, 11) is 0. The average molecular weight is 279 g/mol. The molecule has 1 saturated carbocycles. The minimum atomic E-state index is -0.709. The van der Waals surface area contributed by atoms with Crippen molar-refractivity contribution in [2.75, 3.05) is 19.7 Å². The maximum atomic E-state index is 12.2. The second-order valence-electron chi connectivity index (χ2n) is 6.27. The molecule has 0 radical (unpaired) electrons. The van der Waals surface area contributed by atoms with Gasteiger partial charge in [0, 0.05) is 12.6 Å². The summed E-state index contributed by atoms with van der Waals surface area (Å²) in [6, 6.07) is 2.55. The highest BCUT2D eigenvalue weighted by Crippen LogP contribution is 2.39. The van der Waals surface area contributed by atoms with Gasteiger partial charge in [0.25, 0.3) is 0 Å². The van der Waals surface area contributed by atoms with Crippen LogP contribution in [-0.4, -0.2) is 47.2 Å². The number of nitrogens with zero attached hydrogens (tertiary/aromatic N) is 2. The molecule has 2 atom stereocenters. The fourth-order valence-corrected chi connectivity index (χ4v) is 3.14. The number of hydrogen-bond donors (Lipinski definition) is 2. The molecule has 5 heteroatoms. The predicted molar refractivity (Wildman–Crippen MR) is 75.8 cm³/mol. The van der Waals surface area contributed by atoms with Crippen LogP contribution in [0.2, 0.25) is 0 Å². The van der Waals surface area contributed by atoms with Crippen LogP contribution in [0.25, 0.3) is 0 Å². The minimum Gasteiger partial charge on any atom is -0.396 e. The lowest BCUT2D eigenvalue weighted by atomic mass is 9.97. The van der Waals surface area contributed by atoms with E-state index < -0.39 is 5.54 Å². The molecule has 0 aromatic rings. The third kappa shape index (κ3) is 3.71. The fourth-order valence-electron chi connectivity index (χ4n) is 3.14. The Kier molecular flexibility index (Phi) is 5.00. The highest BCUT2D eigenvalue weighted by molar-refractivity contribution is 5.79. The Balaban J connectivity index is 1.88. The van der Waals surface area contributed by atoms with E-state index in [0.29, 0.717) is 18.5 Å². The number of piperidine rings is 1. The summed E-state index contributed by atoms with van der Waals surface area (Å²) in [5.41, 5.74) is -0.709. The molecular weight excluding hydrogens is 254 g/mol. The summed E-state index contributed by atoms with van der Waals surface area (Å²) in [5, 5.41) is 21.3. The Morgan fingerprint density at radius 3 is 2.80 bits per heavy atom. The lowest BCUT2D eigenvalue weighted by Gasteiger charge is -2.35. The fraction of sp³-hybridized carbons (Fsp3) is 0.867. The van der Waals surface area contributed by atoms with Crippen molar-refractivity contribution in [2.45, 2.75) is 57.0 Å². The monoisotopic (exact) mass is 279 g/mol. The molecular formula is C15H25N3O2. The standard InChI is InChI=1S/C15H25N3O2/c1-15(11-16,12-5-6-12)17-14(20)10-18-8-3-2-4-13(18)7-9-19/h12-13,19H,2-10H2,1H3,(H,17,20). The van der Waals surface area contributed by atoms with Crippen LogP contribution in [0.5, 0.6) is 0 Å². The Labute approximate surface area is 120 Å². The molecule has 0 spiro atoms. The Bertz CT molecular complexity index is 387. The van der Waals surface area contributed by atoms with E-state index in [2.05, 4.69) is 16.3 Å². The lowest BCUT2D eigenvalue weighted by molar-refractivity contribution is -0.124. The third-order valence-electron chi connectivity index (χ3n) is 4.58. The topological polar surface area (TPSA) is 76.4 Å². The third-order valence-corrected chi connectivity index (χ3v) is 4.58. The van der Waals surface area contributed by atoms with Crippen molar-refractivity contribution in [3.63, 3.8) is 0 Å². The summed E-state index contributed by atoms with van der Waals surface area (Å²) in [6.45, 7) is 3.24. The van der Waals surface area contributed by atoms with Crippen molar-refractivity contribution in [2.24, 2.45) is 5.92 Å². The summed E-state index contributed by atoms with van der Waals surface area (Å²) >= 11 is 0. The number of aliphatic hydroxyl groups is 1. The minimum absolute atomic E-state index is 0.0641. The zero-order chi connectivity index (χ0) is 14.6. The highest BCUT2D eigenvalue weighted by atomic mass is 16.3. The van der Waals surface area contributed by atoms with Gasteiger partial charge in [-0.1, -0.05) is 6.42 Å². The molecule has 1 amide bonds. The van der Waals surface area contributed by atoms with Crippen LogP contribution in [0.15, 0.2) is 0 Å². The second kappa shape index (κ2) is 6.55. The van der Waals surface area contributed by atoms with Crippen LogP contribution in [0.3, 0.4) is 0 Å². The van der Waals surface area contributed by atoms with Crippen molar-refractivity contribution < 1.29 is 9.90 Å². The van der Waals surface area contributed by atoms with Gasteiger partial charge in [0.15, 0.2) is 0 Å². The summed E-state index contributed by atoms with van der Waals surface area (Å²) in [4.78, 5) is 14.4. The van der Waals surface area contributed by atoms with Gasteiger partial charge in [0.1, 0.15) is 5.54 Å². The maximum absolute atomic E-state index is 12.2. The van der Waals surface area contributed by atoms with E-state index >= 15 is 0 Å². The Morgan fingerprint density at radius 1 is 1.45 bits per heavy atom. The molecule has 20 heavy (non-hydrogen) atoms. The highest BCUT2D eigenvalue weighted by Gasteiger charge is 2.43. The number of likely N-dealkylation sites (tertiary alicyclic amines) is 1. The number of hydrogen-bond acceptors (Lipinski definition) is 4. The first kappa shape index (κ1) is 15.3. The summed E-state index contributed by atoms with van der Waals surface area (Å²) in [6.07, 6.45) is 6.11. The van der Waals surface area contributed by atoms with Crippen molar-refractivity contribution in [3.8, 4) is 6.07 Å². The van der Waals surface area contributed by atoms with Crippen molar-refractivity contribution in [1.82, 2.24) is 10.2 Å². The number of rotatable bonds is 6. The SMILES string of the molecule is CC(C#N)(NC(=O)CN1CCCCC1CCO)C1CC1. The molecule has 1 aliphatic heterocycles. The van der Waals surface area contributed by atoms with Crippen LogP contribution in [-0.2, 0) is 4.79 Å². The molecule has 1 heterocycles. The molecule has 1 aliphatic carbocycles. The Hall–Kier alpha value is -1.12. The zero-order valence-corrected chi connectivity index (χ0v) is 12.3. The van der Waals surface area contributed by atoms with Gasteiger partial charge in [0.2, 0.25) is 5.91 Å². The average Bonchev–Trinajstić information content (AvgIpc) is 3.26. The van der Waals surface area contributed by atoms with Crippen LogP contribution in [0.4, 0.5) is 0 Å². The van der Waals surface area contributed by atoms with Crippen LogP contribution in [0.1, 0.15) is 45.4 Å². The van der Waals surface area contributed by atoms with Crippen molar-refractivity contribution in [3.05, 3.63) is 0 Å². The van der Waals surface area contributed by atoms with Gasteiger partial charge in [-0.15, -0.1) is 0 Å². The zero-order valence-electron chi connectivity index (χ0n) is 12.3. The normalized spacial score (nSPS) is 26.6. The molecule has 1 saturated heterocycles. The second-order valence-corrected chi connectivity index (χ2v) is 6.27. The van der Waals surface area contributed by atoms with E-state index in [1.165, 1.54) is 6.42 Å². The van der Waals surface area contributed by atoms with Crippen LogP contribution in [0, 0.1) is 17.2 Å². The quantitative estimate of drug-likeness (QED) is 0.761. The van der Waals surface area contributed by atoms with Crippen LogP contribution < -0.4 is 5.32 Å².